The predicted molar refractivity (Wildman–Crippen MR) is 107 cm³/mol. The van der Waals surface area contributed by atoms with Crippen LogP contribution in [0.4, 0.5) is 17.6 Å². The van der Waals surface area contributed by atoms with Crippen molar-refractivity contribution in [3.05, 3.63) is 29.6 Å². The molecule has 1 atom stereocenters. The van der Waals surface area contributed by atoms with Crippen LogP contribution in [0.25, 0.3) is 0 Å². The lowest BCUT2D eigenvalue weighted by atomic mass is 10.1. The van der Waals surface area contributed by atoms with Crippen molar-refractivity contribution in [2.24, 2.45) is 0 Å². The van der Waals surface area contributed by atoms with E-state index in [9.17, 15) is 10.2 Å². The Kier molecular flexibility index (Phi) is 7.75. The first-order valence-corrected chi connectivity index (χ1v) is 9.40. The van der Waals surface area contributed by atoms with Crippen LogP contribution in [-0.2, 0) is 6.54 Å². The van der Waals surface area contributed by atoms with Gasteiger partial charge in [0.2, 0.25) is 11.9 Å². The number of nitrogens with one attached hydrogen (secondary N) is 2. The third kappa shape index (κ3) is 6.04. The van der Waals surface area contributed by atoms with Gasteiger partial charge < -0.3 is 20.8 Å². The van der Waals surface area contributed by atoms with Gasteiger partial charge in [0.1, 0.15) is 11.6 Å². The van der Waals surface area contributed by atoms with Crippen LogP contribution >= 0.6 is 0 Å². The maximum Gasteiger partial charge on any atom is 0.232 e. The van der Waals surface area contributed by atoms with Crippen molar-refractivity contribution in [3.63, 3.8) is 0 Å². The van der Waals surface area contributed by atoms with Gasteiger partial charge in [-0.05, 0) is 44.6 Å². The summed E-state index contributed by atoms with van der Waals surface area (Å²) in [6.07, 6.45) is 0.761. The molecule has 8 heteroatoms. The van der Waals surface area contributed by atoms with E-state index in [4.69, 9.17) is 0 Å². The molecule has 1 aromatic carbocycles. The smallest absolute Gasteiger partial charge is 0.232 e. The van der Waals surface area contributed by atoms with E-state index in [-0.39, 0.29) is 18.4 Å². The average molecular weight is 374 g/mol. The summed E-state index contributed by atoms with van der Waals surface area (Å²) in [5.41, 5.74) is 1.64. The number of aromatic nitrogens is 3. The van der Waals surface area contributed by atoms with Gasteiger partial charge in [0.05, 0.1) is 12.6 Å². The maximum absolute atomic E-state index is 10.2. The summed E-state index contributed by atoms with van der Waals surface area (Å²) in [6.45, 7) is 10.5. The number of aliphatic hydroxyl groups is 1. The number of rotatable bonds is 10. The van der Waals surface area contributed by atoms with Gasteiger partial charge in [-0.1, -0.05) is 20.8 Å². The Morgan fingerprint density at radius 3 is 2.41 bits per heavy atom. The van der Waals surface area contributed by atoms with Gasteiger partial charge in [-0.15, -0.1) is 0 Å². The number of hydrogen-bond donors (Lipinski definition) is 4. The van der Waals surface area contributed by atoms with Crippen LogP contribution < -0.4 is 10.6 Å². The third-order valence-corrected chi connectivity index (χ3v) is 4.42. The number of anilines is 3. The Morgan fingerprint density at radius 1 is 1.07 bits per heavy atom. The Labute approximate surface area is 160 Å². The number of aliphatic hydroxyl groups excluding tert-OH is 1. The van der Waals surface area contributed by atoms with E-state index in [1.54, 1.807) is 19.1 Å². The van der Waals surface area contributed by atoms with Crippen molar-refractivity contribution in [2.75, 3.05) is 30.3 Å². The van der Waals surface area contributed by atoms with Crippen LogP contribution in [-0.4, -0.2) is 55.8 Å². The van der Waals surface area contributed by atoms with E-state index in [1.807, 2.05) is 13.0 Å². The quantitative estimate of drug-likeness (QED) is 0.470. The molecular formula is C19H30N6O2. The Hall–Kier alpha value is -2.45. The van der Waals surface area contributed by atoms with Gasteiger partial charge in [-0.3, -0.25) is 4.90 Å². The fraction of sp³-hybridized carbons (Fsp3) is 0.526. The van der Waals surface area contributed by atoms with Crippen LogP contribution in [0.1, 0.15) is 38.6 Å². The molecule has 1 unspecified atom stereocenters. The number of benzene rings is 1. The Morgan fingerprint density at radius 2 is 1.78 bits per heavy atom. The lowest BCUT2D eigenvalue weighted by molar-refractivity contribution is 0.271. The monoisotopic (exact) mass is 374 g/mol. The van der Waals surface area contributed by atoms with Crippen LogP contribution in [0.5, 0.6) is 5.75 Å². The number of aryl methyl sites for hydroxylation is 1. The fourth-order valence-corrected chi connectivity index (χ4v) is 2.67. The van der Waals surface area contributed by atoms with Crippen LogP contribution in [0, 0.1) is 6.92 Å². The van der Waals surface area contributed by atoms with Crippen LogP contribution in [0.15, 0.2) is 18.2 Å². The molecule has 0 fully saturated rings. The highest BCUT2D eigenvalue weighted by molar-refractivity contribution is 5.57. The third-order valence-electron chi connectivity index (χ3n) is 4.42. The lowest BCUT2D eigenvalue weighted by Crippen LogP contribution is -2.24. The Bertz CT molecular complexity index is 732. The molecule has 27 heavy (non-hydrogen) atoms. The molecule has 0 bridgehead atoms. The summed E-state index contributed by atoms with van der Waals surface area (Å²) in [5.74, 6) is 1.69. The minimum Gasteiger partial charge on any atom is -0.508 e. The van der Waals surface area contributed by atoms with Crippen molar-refractivity contribution in [1.82, 2.24) is 19.9 Å². The summed E-state index contributed by atoms with van der Waals surface area (Å²) in [6, 6.07) is 5.26. The van der Waals surface area contributed by atoms with E-state index in [2.05, 4.69) is 44.3 Å². The van der Waals surface area contributed by atoms with Crippen molar-refractivity contribution in [1.29, 1.82) is 0 Å². The maximum atomic E-state index is 10.2. The second-order valence-corrected chi connectivity index (χ2v) is 6.39. The highest BCUT2D eigenvalue weighted by atomic mass is 16.3. The summed E-state index contributed by atoms with van der Waals surface area (Å²) in [5, 5.41) is 25.8. The van der Waals surface area contributed by atoms with E-state index in [1.165, 1.54) is 0 Å². The van der Waals surface area contributed by atoms with Crippen molar-refractivity contribution in [3.8, 4) is 5.75 Å². The largest absolute Gasteiger partial charge is 0.508 e. The van der Waals surface area contributed by atoms with E-state index < -0.39 is 0 Å². The molecule has 148 valence electrons. The first-order chi connectivity index (χ1) is 13.0. The van der Waals surface area contributed by atoms with Crippen molar-refractivity contribution < 1.29 is 10.2 Å². The molecule has 2 aromatic rings. The van der Waals surface area contributed by atoms with Gasteiger partial charge >= 0.3 is 0 Å². The first-order valence-electron chi connectivity index (χ1n) is 9.40. The minimum atomic E-state index is -0.103. The summed E-state index contributed by atoms with van der Waals surface area (Å²) < 4.78 is 0. The van der Waals surface area contributed by atoms with Gasteiger partial charge in [-0.2, -0.15) is 15.0 Å². The minimum absolute atomic E-state index is 0.0106. The molecule has 0 saturated heterocycles. The zero-order valence-corrected chi connectivity index (χ0v) is 16.5. The second kappa shape index (κ2) is 10.0. The molecule has 2 rings (SSSR count). The van der Waals surface area contributed by atoms with Crippen molar-refractivity contribution >= 4 is 17.6 Å². The van der Waals surface area contributed by atoms with Crippen LogP contribution in [0.3, 0.4) is 0 Å². The normalized spacial score (nSPS) is 12.2. The topological polar surface area (TPSA) is 106 Å². The molecule has 0 spiro atoms. The predicted octanol–water partition coefficient (Wildman–Crippen LogP) is 2.65. The molecule has 1 aromatic heterocycles. The molecular weight excluding hydrogens is 344 g/mol. The molecule has 4 N–H and O–H groups in total. The molecule has 0 saturated carbocycles. The molecule has 1 heterocycles. The van der Waals surface area contributed by atoms with E-state index in [0.29, 0.717) is 24.3 Å². The van der Waals surface area contributed by atoms with Gasteiger partial charge in [0.25, 0.3) is 0 Å². The number of aromatic hydroxyl groups is 1. The van der Waals surface area contributed by atoms with E-state index >= 15 is 0 Å². The first kappa shape index (κ1) is 20.9. The molecule has 0 aliphatic heterocycles. The molecule has 0 radical (unpaired) electrons. The summed E-state index contributed by atoms with van der Waals surface area (Å²) in [7, 11) is 0. The van der Waals surface area contributed by atoms with Crippen molar-refractivity contribution in [2.45, 2.75) is 46.7 Å². The number of hydrogen-bond acceptors (Lipinski definition) is 8. The zero-order chi connectivity index (χ0) is 19.8. The van der Waals surface area contributed by atoms with Gasteiger partial charge in [0, 0.05) is 17.8 Å². The highest BCUT2D eigenvalue weighted by Crippen LogP contribution is 2.24. The number of phenols is 1. The summed E-state index contributed by atoms with van der Waals surface area (Å²) >= 11 is 0. The van der Waals surface area contributed by atoms with E-state index in [0.717, 1.165) is 30.8 Å². The molecule has 0 aliphatic carbocycles. The lowest BCUT2D eigenvalue weighted by Gasteiger charge is -2.19. The highest BCUT2D eigenvalue weighted by Gasteiger charge is 2.11. The number of phenolic OH excluding ortho intramolecular Hbond substituents is 1. The van der Waals surface area contributed by atoms with Gasteiger partial charge in [0.15, 0.2) is 0 Å². The Balaban J connectivity index is 2.20. The van der Waals surface area contributed by atoms with Gasteiger partial charge in [-0.25, -0.2) is 0 Å². The SMILES string of the molecule is CCC(CO)Nc1nc(C)nc(Nc2ccc(O)c(CN(CC)CC)c2)n1. The second-order valence-electron chi connectivity index (χ2n) is 6.39. The summed E-state index contributed by atoms with van der Waals surface area (Å²) in [4.78, 5) is 15.2. The van der Waals surface area contributed by atoms with Crippen LogP contribution in [0.2, 0.25) is 0 Å². The standard InChI is InChI=1S/C19H30N6O2/c1-5-15(12-26)22-18-20-13(4)21-19(24-18)23-16-8-9-17(27)14(10-16)11-25(6-2)7-3/h8-10,15,26-27H,5-7,11-12H2,1-4H3,(H2,20,21,22,23,24). The number of nitrogens with zero attached hydrogens (tertiary/aromatic N) is 4. The zero-order valence-electron chi connectivity index (χ0n) is 16.5. The fourth-order valence-electron chi connectivity index (χ4n) is 2.67. The molecule has 0 aliphatic rings. The molecule has 0 amide bonds. The average Bonchev–Trinajstić information content (AvgIpc) is 2.66. The molecule has 8 nitrogen and oxygen atoms in total.